The Balaban J connectivity index is 1.62. The zero-order valence-electron chi connectivity index (χ0n) is 21.2. The van der Waals surface area contributed by atoms with Crippen LogP contribution in [0.15, 0.2) is 48.5 Å². The molecule has 10 heteroatoms. The van der Waals surface area contributed by atoms with Crippen molar-refractivity contribution in [3.8, 4) is 0 Å². The molecule has 0 radical (unpaired) electrons. The van der Waals surface area contributed by atoms with E-state index in [1.807, 2.05) is 38.1 Å². The number of methoxy groups -OCH3 is 1. The third-order valence-electron chi connectivity index (χ3n) is 6.82. The molecule has 1 aliphatic heterocycles. The second-order valence-corrected chi connectivity index (χ2v) is 9.42. The first-order valence-corrected chi connectivity index (χ1v) is 12.0. The summed E-state index contributed by atoms with van der Waals surface area (Å²) in [7, 11) is 1.28. The molecular formula is C27H30F3N3O4. The van der Waals surface area contributed by atoms with Gasteiger partial charge in [0.25, 0.3) is 0 Å². The molecular weight excluding hydrogens is 487 g/mol. The van der Waals surface area contributed by atoms with E-state index in [4.69, 9.17) is 9.57 Å². The smallest absolute Gasteiger partial charge is 0.437 e. The van der Waals surface area contributed by atoms with E-state index in [-0.39, 0.29) is 13.1 Å². The summed E-state index contributed by atoms with van der Waals surface area (Å²) >= 11 is 0. The van der Waals surface area contributed by atoms with E-state index in [1.165, 1.54) is 16.7 Å². The zero-order valence-corrected chi connectivity index (χ0v) is 21.2. The first-order valence-electron chi connectivity index (χ1n) is 12.0. The number of piperazine rings is 1. The molecule has 2 aromatic carbocycles. The van der Waals surface area contributed by atoms with E-state index < -0.39 is 36.7 Å². The van der Waals surface area contributed by atoms with Gasteiger partial charge >= 0.3 is 18.2 Å². The van der Waals surface area contributed by atoms with Gasteiger partial charge in [-0.15, -0.1) is 5.06 Å². The number of ether oxygens (including phenoxy) is 1. The predicted octanol–water partition coefficient (Wildman–Crippen LogP) is 5.64. The first kappa shape index (κ1) is 26.7. The molecule has 1 fully saturated rings. The number of hydrogen-bond acceptors (Lipinski definition) is 6. The fourth-order valence-corrected chi connectivity index (χ4v) is 4.94. The Labute approximate surface area is 213 Å². The van der Waals surface area contributed by atoms with Crippen LogP contribution >= 0.6 is 0 Å². The molecule has 0 N–H and O–H groups in total. The summed E-state index contributed by atoms with van der Waals surface area (Å²) in [6.07, 6.45) is -5.81. The second kappa shape index (κ2) is 10.5. The van der Waals surface area contributed by atoms with Crippen molar-refractivity contribution in [3.05, 3.63) is 70.9 Å². The average Bonchev–Trinajstić information content (AvgIpc) is 3.20. The molecule has 2 unspecified atom stereocenters. The Bertz CT molecular complexity index is 1290. The Morgan fingerprint density at radius 2 is 1.78 bits per heavy atom. The molecule has 0 bridgehead atoms. The third kappa shape index (κ3) is 5.80. The van der Waals surface area contributed by atoms with Crippen molar-refractivity contribution in [1.82, 2.24) is 14.5 Å². The summed E-state index contributed by atoms with van der Waals surface area (Å²) in [5.41, 5.74) is 3.43. The van der Waals surface area contributed by atoms with Crippen LogP contribution in [0.1, 0.15) is 46.6 Å². The Hall–Kier alpha value is -3.37. The van der Waals surface area contributed by atoms with Gasteiger partial charge in [0.2, 0.25) is 0 Å². The van der Waals surface area contributed by atoms with Crippen LogP contribution < -0.4 is 0 Å². The summed E-state index contributed by atoms with van der Waals surface area (Å²) in [5, 5.41) is 2.44. The van der Waals surface area contributed by atoms with Crippen molar-refractivity contribution in [1.29, 1.82) is 0 Å². The lowest BCUT2D eigenvalue weighted by molar-refractivity contribution is -0.175. The lowest BCUT2D eigenvalue weighted by Gasteiger charge is -2.42. The van der Waals surface area contributed by atoms with Gasteiger partial charge in [0.05, 0.1) is 30.7 Å². The van der Waals surface area contributed by atoms with E-state index >= 15 is 0 Å². The highest BCUT2D eigenvalue weighted by atomic mass is 19.4. The second-order valence-electron chi connectivity index (χ2n) is 9.42. The van der Waals surface area contributed by atoms with Crippen LogP contribution in [0.2, 0.25) is 0 Å². The first-order chi connectivity index (χ1) is 17.5. The van der Waals surface area contributed by atoms with Crippen LogP contribution in [0.3, 0.4) is 0 Å². The number of aryl methyl sites for hydroxylation is 2. The summed E-state index contributed by atoms with van der Waals surface area (Å²) < 4.78 is 45.5. The van der Waals surface area contributed by atoms with Crippen molar-refractivity contribution in [2.75, 3.05) is 26.7 Å². The van der Waals surface area contributed by atoms with Crippen molar-refractivity contribution in [2.45, 2.75) is 45.5 Å². The molecule has 198 valence electrons. The van der Waals surface area contributed by atoms with Gasteiger partial charge in [-0.2, -0.15) is 13.2 Å². The summed E-state index contributed by atoms with van der Waals surface area (Å²) in [5.74, 6) is -0.496. The number of para-hydroxylation sites is 1. The van der Waals surface area contributed by atoms with Gasteiger partial charge in [0.15, 0.2) is 0 Å². The Morgan fingerprint density at radius 3 is 2.43 bits per heavy atom. The molecule has 2 heterocycles. The predicted molar refractivity (Wildman–Crippen MR) is 132 cm³/mol. The number of alkyl halides is 3. The number of carbonyl (C=O) groups excluding carboxylic acids is 2. The molecule has 1 aromatic heterocycles. The zero-order chi connectivity index (χ0) is 26.9. The van der Waals surface area contributed by atoms with Gasteiger partial charge in [-0.25, -0.2) is 14.2 Å². The quantitative estimate of drug-likeness (QED) is 0.408. The maximum absolute atomic E-state index is 13.4. The van der Waals surface area contributed by atoms with Crippen molar-refractivity contribution in [2.24, 2.45) is 0 Å². The summed E-state index contributed by atoms with van der Waals surface area (Å²) in [6.45, 7) is 6.01. The monoisotopic (exact) mass is 517 g/mol. The number of hydrogen-bond donors (Lipinski definition) is 0. The van der Waals surface area contributed by atoms with Crippen LogP contribution in [0.4, 0.5) is 18.0 Å². The van der Waals surface area contributed by atoms with Gasteiger partial charge in [0, 0.05) is 36.8 Å². The minimum absolute atomic E-state index is 0.215. The molecule has 7 nitrogen and oxygen atoms in total. The van der Waals surface area contributed by atoms with Crippen LogP contribution in [0.5, 0.6) is 0 Å². The maximum atomic E-state index is 13.4. The van der Waals surface area contributed by atoms with E-state index in [0.29, 0.717) is 23.4 Å². The standard InChI is InChI=1S/C27H30F3N3O4/c1-17-6-5-7-22-14-18(2)33(24(17)22)26(35)37-32-13-12-31(19(3)15-27(28,29)30)16-23(32)20-8-10-21(11-9-20)25(34)36-4/h5-11,14,19,23H,12-13,15-16H2,1-4H3. The van der Waals surface area contributed by atoms with Gasteiger partial charge in [0.1, 0.15) is 0 Å². The van der Waals surface area contributed by atoms with E-state index in [1.54, 1.807) is 36.1 Å². The number of benzene rings is 2. The third-order valence-corrected chi connectivity index (χ3v) is 6.82. The topological polar surface area (TPSA) is 64.0 Å². The SMILES string of the molecule is COC(=O)c1ccc(C2CN(C(C)CC(F)(F)F)CCN2OC(=O)n2c(C)cc3cccc(C)c32)cc1. The van der Waals surface area contributed by atoms with E-state index in [9.17, 15) is 22.8 Å². The summed E-state index contributed by atoms with van der Waals surface area (Å²) in [4.78, 5) is 32.9. The number of aromatic nitrogens is 1. The maximum Gasteiger partial charge on any atom is 0.437 e. The lowest BCUT2D eigenvalue weighted by atomic mass is 10.0. The fourth-order valence-electron chi connectivity index (χ4n) is 4.94. The average molecular weight is 518 g/mol. The van der Waals surface area contributed by atoms with Crippen molar-refractivity contribution in [3.63, 3.8) is 0 Å². The van der Waals surface area contributed by atoms with Crippen LogP contribution in [-0.2, 0) is 9.57 Å². The van der Waals surface area contributed by atoms with Gasteiger partial charge in [-0.3, -0.25) is 4.90 Å². The van der Waals surface area contributed by atoms with E-state index in [0.717, 1.165) is 16.5 Å². The molecule has 1 saturated heterocycles. The number of rotatable bonds is 5. The van der Waals surface area contributed by atoms with Gasteiger partial charge < -0.3 is 9.57 Å². The number of halogens is 3. The molecule has 2 atom stereocenters. The van der Waals surface area contributed by atoms with Crippen LogP contribution in [0, 0.1) is 13.8 Å². The normalized spacial score (nSPS) is 18.1. The van der Waals surface area contributed by atoms with Crippen LogP contribution in [0.25, 0.3) is 10.9 Å². The highest BCUT2D eigenvalue weighted by Gasteiger charge is 2.38. The largest absolute Gasteiger partial charge is 0.465 e. The van der Waals surface area contributed by atoms with Crippen molar-refractivity contribution < 1.29 is 32.3 Å². The highest BCUT2D eigenvalue weighted by Crippen LogP contribution is 2.31. The minimum Gasteiger partial charge on any atom is -0.465 e. The fraction of sp³-hybridized carbons (Fsp3) is 0.407. The number of nitrogens with zero attached hydrogens (tertiary/aromatic N) is 3. The number of fused-ring (bicyclic) bond motifs is 1. The van der Waals surface area contributed by atoms with Gasteiger partial charge in [-0.1, -0.05) is 30.3 Å². The van der Waals surface area contributed by atoms with Crippen molar-refractivity contribution >= 4 is 23.0 Å². The summed E-state index contributed by atoms with van der Waals surface area (Å²) in [6, 6.07) is 13.0. The number of carbonyl (C=O) groups is 2. The molecule has 3 aromatic rings. The molecule has 0 aliphatic carbocycles. The van der Waals surface area contributed by atoms with Crippen LogP contribution in [-0.4, -0.2) is 65.6 Å². The number of esters is 1. The van der Waals surface area contributed by atoms with Gasteiger partial charge in [-0.05, 0) is 50.1 Å². The highest BCUT2D eigenvalue weighted by molar-refractivity contribution is 5.92. The molecule has 0 saturated carbocycles. The lowest BCUT2D eigenvalue weighted by Crippen LogP contribution is -2.52. The van der Waals surface area contributed by atoms with E-state index in [2.05, 4.69) is 0 Å². The minimum atomic E-state index is -4.29. The molecule has 0 amide bonds. The molecule has 4 rings (SSSR count). The molecule has 0 spiro atoms. The number of hydroxylamine groups is 2. The molecule has 37 heavy (non-hydrogen) atoms. The molecule has 1 aliphatic rings. The Morgan fingerprint density at radius 1 is 1.08 bits per heavy atom. The Kier molecular flexibility index (Phi) is 7.61.